The molecule has 1 aliphatic carbocycles. The Morgan fingerprint density at radius 3 is 2.71 bits per heavy atom. The van der Waals surface area contributed by atoms with E-state index in [2.05, 4.69) is 5.32 Å². The second-order valence-corrected chi connectivity index (χ2v) is 6.41. The zero-order valence-corrected chi connectivity index (χ0v) is 12.6. The fraction of sp³-hybridized carbons (Fsp3) is 0.200. The largest absolute Gasteiger partial charge is 0.478 e. The standard InChI is InChI=1S/C15H12ClNO3S/c16-11-7-9(4-5-10(11)15(19)20)17-14(18)13-6-8-2-1-3-12(8)21-13/h4-7H,1-3H2,(H,17,18)(H,19,20). The minimum absolute atomic E-state index is 0.0183. The molecule has 0 unspecified atom stereocenters. The van der Waals surface area contributed by atoms with Gasteiger partial charge in [0.2, 0.25) is 0 Å². The van der Waals surface area contributed by atoms with Crippen LogP contribution in [0.3, 0.4) is 0 Å². The molecular weight excluding hydrogens is 310 g/mol. The van der Waals surface area contributed by atoms with Gasteiger partial charge in [-0.3, -0.25) is 4.79 Å². The van der Waals surface area contributed by atoms with Gasteiger partial charge in [-0.25, -0.2) is 4.79 Å². The number of halogens is 1. The molecule has 1 aliphatic rings. The first-order chi connectivity index (χ1) is 10.0. The zero-order chi connectivity index (χ0) is 15.0. The Hall–Kier alpha value is -1.85. The summed E-state index contributed by atoms with van der Waals surface area (Å²) >= 11 is 7.41. The minimum Gasteiger partial charge on any atom is -0.478 e. The Morgan fingerprint density at radius 2 is 2.05 bits per heavy atom. The van der Waals surface area contributed by atoms with Gasteiger partial charge in [-0.2, -0.15) is 0 Å². The van der Waals surface area contributed by atoms with Crippen molar-refractivity contribution in [2.45, 2.75) is 19.3 Å². The maximum Gasteiger partial charge on any atom is 0.337 e. The molecule has 2 aromatic rings. The lowest BCUT2D eigenvalue weighted by atomic mass is 10.2. The van der Waals surface area contributed by atoms with Crippen LogP contribution in [0.2, 0.25) is 5.02 Å². The SMILES string of the molecule is O=C(Nc1ccc(C(=O)O)c(Cl)c1)c1cc2c(s1)CCC2. The van der Waals surface area contributed by atoms with Gasteiger partial charge in [-0.15, -0.1) is 11.3 Å². The molecule has 0 fully saturated rings. The number of hydrogen-bond donors (Lipinski definition) is 2. The van der Waals surface area contributed by atoms with Crippen molar-refractivity contribution in [1.82, 2.24) is 0 Å². The lowest BCUT2D eigenvalue weighted by Gasteiger charge is -2.06. The smallest absolute Gasteiger partial charge is 0.337 e. The number of rotatable bonds is 3. The van der Waals surface area contributed by atoms with Crippen molar-refractivity contribution in [3.63, 3.8) is 0 Å². The highest BCUT2D eigenvalue weighted by Gasteiger charge is 2.19. The predicted octanol–water partition coefficient (Wildman–Crippen LogP) is 3.84. The number of carboxylic acid groups (broad SMARTS) is 1. The molecule has 0 radical (unpaired) electrons. The van der Waals surface area contributed by atoms with E-state index in [0.29, 0.717) is 10.6 Å². The van der Waals surface area contributed by atoms with Crippen LogP contribution < -0.4 is 5.32 Å². The molecule has 0 bridgehead atoms. The first kappa shape index (κ1) is 14.1. The van der Waals surface area contributed by atoms with E-state index in [1.807, 2.05) is 6.07 Å². The van der Waals surface area contributed by atoms with E-state index < -0.39 is 5.97 Å². The van der Waals surface area contributed by atoms with Crippen LogP contribution in [-0.4, -0.2) is 17.0 Å². The minimum atomic E-state index is -1.09. The van der Waals surface area contributed by atoms with Gasteiger partial charge >= 0.3 is 5.97 Å². The third-order valence-electron chi connectivity index (χ3n) is 3.43. The lowest BCUT2D eigenvalue weighted by molar-refractivity contribution is 0.0697. The van der Waals surface area contributed by atoms with Crippen LogP contribution in [0.25, 0.3) is 0 Å². The van der Waals surface area contributed by atoms with Crippen LogP contribution in [0.5, 0.6) is 0 Å². The summed E-state index contributed by atoms with van der Waals surface area (Å²) in [5.74, 6) is -1.28. The Labute approximate surface area is 130 Å². The molecule has 1 heterocycles. The molecule has 0 spiro atoms. The molecule has 108 valence electrons. The van der Waals surface area contributed by atoms with E-state index in [1.165, 1.54) is 40.0 Å². The highest BCUT2D eigenvalue weighted by molar-refractivity contribution is 7.14. The fourth-order valence-corrected chi connectivity index (χ4v) is 3.81. The maximum absolute atomic E-state index is 12.2. The summed E-state index contributed by atoms with van der Waals surface area (Å²) in [6.45, 7) is 0. The predicted molar refractivity (Wildman–Crippen MR) is 82.7 cm³/mol. The summed E-state index contributed by atoms with van der Waals surface area (Å²) in [4.78, 5) is 25.0. The molecule has 1 aromatic carbocycles. The quantitative estimate of drug-likeness (QED) is 0.902. The number of nitrogens with one attached hydrogen (secondary N) is 1. The molecule has 6 heteroatoms. The summed E-state index contributed by atoms with van der Waals surface area (Å²) in [6, 6.07) is 6.31. The molecule has 1 aromatic heterocycles. The molecule has 1 amide bonds. The Bertz CT molecular complexity index is 717. The fourth-order valence-electron chi connectivity index (χ4n) is 2.40. The van der Waals surface area contributed by atoms with E-state index in [0.717, 1.165) is 19.3 Å². The topological polar surface area (TPSA) is 66.4 Å². The molecule has 0 saturated carbocycles. The highest BCUT2D eigenvalue weighted by Crippen LogP contribution is 2.31. The number of anilines is 1. The summed E-state index contributed by atoms with van der Waals surface area (Å²) < 4.78 is 0. The number of carbonyl (C=O) groups is 2. The van der Waals surface area contributed by atoms with Gasteiger partial charge < -0.3 is 10.4 Å². The normalized spacial score (nSPS) is 13.0. The number of benzene rings is 1. The molecular formula is C15H12ClNO3S. The second-order valence-electron chi connectivity index (χ2n) is 4.87. The number of thiophene rings is 1. The van der Waals surface area contributed by atoms with E-state index in [1.54, 1.807) is 0 Å². The average molecular weight is 322 g/mol. The first-order valence-corrected chi connectivity index (χ1v) is 7.70. The molecule has 0 saturated heterocycles. The van der Waals surface area contributed by atoms with E-state index >= 15 is 0 Å². The number of hydrogen-bond acceptors (Lipinski definition) is 3. The number of amides is 1. The Morgan fingerprint density at radius 1 is 1.24 bits per heavy atom. The van der Waals surface area contributed by atoms with Crippen LogP contribution in [0.15, 0.2) is 24.3 Å². The highest BCUT2D eigenvalue weighted by atomic mass is 35.5. The molecule has 3 rings (SSSR count). The van der Waals surface area contributed by atoms with Crippen molar-refractivity contribution in [1.29, 1.82) is 0 Å². The second kappa shape index (κ2) is 5.50. The first-order valence-electron chi connectivity index (χ1n) is 6.50. The number of aryl methyl sites for hydroxylation is 2. The summed E-state index contributed by atoms with van der Waals surface area (Å²) in [7, 11) is 0. The van der Waals surface area contributed by atoms with Gasteiger partial charge in [-0.1, -0.05) is 11.6 Å². The molecule has 0 atom stereocenters. The molecule has 21 heavy (non-hydrogen) atoms. The number of carboxylic acids is 1. The molecule has 0 aliphatic heterocycles. The van der Waals surface area contributed by atoms with Gasteiger partial charge in [0.15, 0.2) is 0 Å². The van der Waals surface area contributed by atoms with E-state index in [4.69, 9.17) is 16.7 Å². The third-order valence-corrected chi connectivity index (χ3v) is 4.98. The average Bonchev–Trinajstić information content (AvgIpc) is 2.98. The van der Waals surface area contributed by atoms with Gasteiger partial charge in [-0.05, 0) is 49.1 Å². The lowest BCUT2D eigenvalue weighted by Crippen LogP contribution is -2.10. The molecule has 2 N–H and O–H groups in total. The number of carbonyl (C=O) groups excluding carboxylic acids is 1. The van der Waals surface area contributed by atoms with Gasteiger partial charge in [0.05, 0.1) is 15.5 Å². The third kappa shape index (κ3) is 2.80. The van der Waals surface area contributed by atoms with Gasteiger partial charge in [0.1, 0.15) is 0 Å². The monoisotopic (exact) mass is 321 g/mol. The van der Waals surface area contributed by atoms with Gasteiger partial charge in [0.25, 0.3) is 5.91 Å². The van der Waals surface area contributed by atoms with Crippen molar-refractivity contribution < 1.29 is 14.7 Å². The number of aromatic carboxylic acids is 1. The van der Waals surface area contributed by atoms with E-state index in [-0.39, 0.29) is 16.5 Å². The van der Waals surface area contributed by atoms with Crippen molar-refractivity contribution >= 4 is 40.5 Å². The summed E-state index contributed by atoms with van der Waals surface area (Å²) in [5.41, 5.74) is 1.78. The van der Waals surface area contributed by atoms with Gasteiger partial charge in [0, 0.05) is 10.6 Å². The van der Waals surface area contributed by atoms with Crippen molar-refractivity contribution in [3.05, 3.63) is 50.2 Å². The van der Waals surface area contributed by atoms with Crippen LogP contribution in [0.1, 0.15) is 36.9 Å². The van der Waals surface area contributed by atoms with Crippen LogP contribution >= 0.6 is 22.9 Å². The van der Waals surface area contributed by atoms with Crippen LogP contribution in [0, 0.1) is 0 Å². The Kier molecular flexibility index (Phi) is 3.69. The van der Waals surface area contributed by atoms with Crippen LogP contribution in [0.4, 0.5) is 5.69 Å². The summed E-state index contributed by atoms with van der Waals surface area (Å²) in [5, 5.41) is 11.8. The van der Waals surface area contributed by atoms with Crippen molar-refractivity contribution in [3.8, 4) is 0 Å². The summed E-state index contributed by atoms with van der Waals surface area (Å²) in [6.07, 6.45) is 3.25. The maximum atomic E-state index is 12.2. The zero-order valence-electron chi connectivity index (χ0n) is 11.0. The number of fused-ring (bicyclic) bond motifs is 1. The molecule has 4 nitrogen and oxygen atoms in total. The van der Waals surface area contributed by atoms with E-state index in [9.17, 15) is 9.59 Å². The van der Waals surface area contributed by atoms with Crippen molar-refractivity contribution in [2.24, 2.45) is 0 Å². The van der Waals surface area contributed by atoms with Crippen molar-refractivity contribution in [2.75, 3.05) is 5.32 Å². The Balaban J connectivity index is 1.78. The van der Waals surface area contributed by atoms with Crippen LogP contribution in [-0.2, 0) is 12.8 Å².